The maximum absolute atomic E-state index is 12.6. The van der Waals surface area contributed by atoms with Crippen molar-refractivity contribution in [1.29, 1.82) is 0 Å². The van der Waals surface area contributed by atoms with E-state index >= 15 is 0 Å². The molecule has 0 spiro atoms. The number of ether oxygens (including phenoxy) is 2. The van der Waals surface area contributed by atoms with Crippen molar-refractivity contribution in [3.8, 4) is 0 Å². The lowest BCUT2D eigenvalue weighted by molar-refractivity contribution is -0.146. The summed E-state index contributed by atoms with van der Waals surface area (Å²) in [5.74, 6) is -2.86. The third kappa shape index (κ3) is 7.43. The van der Waals surface area contributed by atoms with Crippen molar-refractivity contribution in [2.75, 3.05) is 14.2 Å². The number of carbonyl (C=O) groups excluding carboxylic acids is 3. The van der Waals surface area contributed by atoms with Crippen LogP contribution in [-0.4, -0.2) is 48.7 Å². The first kappa shape index (κ1) is 25.5. The molecule has 176 valence electrons. The fourth-order valence-electron chi connectivity index (χ4n) is 3.26. The highest BCUT2D eigenvalue weighted by Crippen LogP contribution is 2.20. The molecule has 0 fully saturated rings. The number of amides is 1. The lowest BCUT2D eigenvalue weighted by Gasteiger charge is -2.25. The number of rotatable bonds is 11. The van der Waals surface area contributed by atoms with E-state index in [0.29, 0.717) is 11.1 Å². The fraction of sp³-hybridized carbons (Fsp3) is 0.333. The number of esters is 2. The molecule has 0 aliphatic rings. The molecule has 4 N–H and O–H groups in total. The number of benzene rings is 2. The van der Waals surface area contributed by atoms with Gasteiger partial charge in [0, 0.05) is 12.8 Å². The van der Waals surface area contributed by atoms with E-state index in [9.17, 15) is 24.3 Å². The van der Waals surface area contributed by atoms with Gasteiger partial charge in [-0.25, -0.2) is 4.79 Å². The zero-order chi connectivity index (χ0) is 24.4. The third-order valence-electron chi connectivity index (χ3n) is 5.22. The van der Waals surface area contributed by atoms with Crippen LogP contribution in [0.25, 0.3) is 0 Å². The normalized spacial score (nSPS) is 13.3. The van der Waals surface area contributed by atoms with E-state index in [0.717, 1.165) is 5.56 Å². The van der Waals surface area contributed by atoms with Gasteiger partial charge in [0.1, 0.15) is 5.54 Å². The van der Waals surface area contributed by atoms with Crippen molar-refractivity contribution < 1.29 is 33.8 Å². The molecule has 33 heavy (non-hydrogen) atoms. The minimum absolute atomic E-state index is 0.0541. The summed E-state index contributed by atoms with van der Waals surface area (Å²) in [5, 5.41) is 12.2. The lowest BCUT2D eigenvalue weighted by Crippen LogP contribution is -2.50. The summed E-state index contributed by atoms with van der Waals surface area (Å²) in [6.45, 7) is 0. The van der Waals surface area contributed by atoms with E-state index < -0.39 is 35.4 Å². The lowest BCUT2D eigenvalue weighted by atomic mass is 9.87. The van der Waals surface area contributed by atoms with Gasteiger partial charge < -0.3 is 25.6 Å². The van der Waals surface area contributed by atoms with Crippen molar-refractivity contribution in [3.63, 3.8) is 0 Å². The summed E-state index contributed by atoms with van der Waals surface area (Å²) >= 11 is 0. The largest absolute Gasteiger partial charge is 0.480 e. The number of nitrogens with one attached hydrogen (secondary N) is 1. The Morgan fingerprint density at radius 3 is 2.15 bits per heavy atom. The highest BCUT2D eigenvalue weighted by molar-refractivity contribution is 5.86. The number of carbonyl (C=O) groups is 4. The zero-order valence-corrected chi connectivity index (χ0v) is 18.6. The second-order valence-electron chi connectivity index (χ2n) is 7.64. The van der Waals surface area contributed by atoms with E-state index in [1.807, 2.05) is 6.07 Å². The van der Waals surface area contributed by atoms with Gasteiger partial charge in [0.25, 0.3) is 0 Å². The summed E-state index contributed by atoms with van der Waals surface area (Å²) in [6.07, 6.45) is -0.210. The first-order valence-corrected chi connectivity index (χ1v) is 10.3. The molecule has 2 aromatic carbocycles. The molecule has 0 saturated carbocycles. The molecule has 0 aliphatic heterocycles. The minimum atomic E-state index is -1.64. The van der Waals surface area contributed by atoms with Crippen molar-refractivity contribution in [2.24, 2.45) is 5.73 Å². The standard InChI is InChI=1S/C24H28N2O7/c1-32-20(28)14-16-8-10-18(11-9-16)21(22(29)33-2)26-19(27)12-13-24(25,23(30)31)15-17-6-4-3-5-7-17/h3-11,21H,12-15,25H2,1-2H3,(H,26,27)(H,30,31)/t21?,24-/m1/s1. The summed E-state index contributed by atoms with van der Waals surface area (Å²) in [4.78, 5) is 48.1. The number of carboxylic acid groups (broad SMARTS) is 1. The van der Waals surface area contributed by atoms with Crippen molar-refractivity contribution in [1.82, 2.24) is 5.32 Å². The van der Waals surface area contributed by atoms with Gasteiger partial charge >= 0.3 is 17.9 Å². The van der Waals surface area contributed by atoms with Crippen LogP contribution in [0.1, 0.15) is 35.6 Å². The van der Waals surface area contributed by atoms with Gasteiger partial charge in [-0.15, -0.1) is 0 Å². The Morgan fingerprint density at radius 2 is 1.61 bits per heavy atom. The number of methoxy groups -OCH3 is 2. The molecule has 1 amide bonds. The SMILES string of the molecule is COC(=O)Cc1ccc(C(NC(=O)CC[C@@](N)(Cc2ccccc2)C(=O)O)C(=O)OC)cc1. The average Bonchev–Trinajstić information content (AvgIpc) is 2.81. The van der Waals surface area contributed by atoms with Crippen molar-refractivity contribution >= 4 is 23.8 Å². The van der Waals surface area contributed by atoms with Crippen LogP contribution in [-0.2, 0) is 41.5 Å². The van der Waals surface area contributed by atoms with Gasteiger partial charge in [0.15, 0.2) is 6.04 Å². The Balaban J connectivity index is 2.07. The summed E-state index contributed by atoms with van der Waals surface area (Å²) in [5.41, 5.74) is 6.33. The number of carboxylic acids is 1. The van der Waals surface area contributed by atoms with Crippen LogP contribution >= 0.6 is 0 Å². The predicted octanol–water partition coefficient (Wildman–Crippen LogP) is 1.54. The monoisotopic (exact) mass is 456 g/mol. The molecule has 9 nitrogen and oxygen atoms in total. The Morgan fingerprint density at radius 1 is 0.970 bits per heavy atom. The fourth-order valence-corrected chi connectivity index (χ4v) is 3.26. The van der Waals surface area contributed by atoms with Crippen LogP contribution in [0.5, 0.6) is 0 Å². The van der Waals surface area contributed by atoms with Crippen molar-refractivity contribution in [2.45, 2.75) is 37.3 Å². The molecule has 0 aliphatic carbocycles. The topological polar surface area (TPSA) is 145 Å². The quantitative estimate of drug-likeness (QED) is 0.432. The Hall–Kier alpha value is -3.72. The second kappa shape index (κ2) is 11.8. The summed E-state index contributed by atoms with van der Waals surface area (Å²) < 4.78 is 9.42. The Labute approximate surface area is 191 Å². The molecular formula is C24H28N2O7. The summed E-state index contributed by atoms with van der Waals surface area (Å²) in [6, 6.07) is 14.3. The van der Waals surface area contributed by atoms with Crippen LogP contribution in [0.2, 0.25) is 0 Å². The number of nitrogens with two attached hydrogens (primary N) is 1. The number of aliphatic carboxylic acids is 1. The van der Waals surface area contributed by atoms with Crippen molar-refractivity contribution in [3.05, 3.63) is 71.3 Å². The van der Waals surface area contributed by atoms with E-state index in [2.05, 4.69) is 10.1 Å². The van der Waals surface area contributed by atoms with E-state index in [-0.39, 0.29) is 25.7 Å². The predicted molar refractivity (Wildman–Crippen MR) is 119 cm³/mol. The maximum atomic E-state index is 12.6. The van der Waals surface area contributed by atoms with Gasteiger partial charge in [-0.1, -0.05) is 54.6 Å². The van der Waals surface area contributed by atoms with Gasteiger partial charge in [-0.05, 0) is 23.1 Å². The molecule has 0 heterocycles. The molecule has 0 radical (unpaired) electrons. The average molecular weight is 456 g/mol. The smallest absolute Gasteiger partial charge is 0.333 e. The van der Waals surface area contributed by atoms with Crippen LogP contribution < -0.4 is 11.1 Å². The Kier molecular flexibility index (Phi) is 9.11. The van der Waals surface area contributed by atoms with Crippen LogP contribution in [0.15, 0.2) is 54.6 Å². The Bertz CT molecular complexity index is 976. The molecule has 2 aromatic rings. The van der Waals surface area contributed by atoms with Gasteiger partial charge in [0.2, 0.25) is 5.91 Å². The van der Waals surface area contributed by atoms with E-state index in [1.165, 1.54) is 14.2 Å². The maximum Gasteiger partial charge on any atom is 0.333 e. The van der Waals surface area contributed by atoms with Gasteiger partial charge in [0.05, 0.1) is 20.6 Å². The van der Waals surface area contributed by atoms with Crippen LogP contribution in [0.4, 0.5) is 0 Å². The third-order valence-corrected chi connectivity index (χ3v) is 5.22. The molecule has 1 unspecified atom stereocenters. The number of hydrogen-bond donors (Lipinski definition) is 3. The molecule has 2 rings (SSSR count). The molecule has 0 saturated heterocycles. The van der Waals surface area contributed by atoms with Crippen LogP contribution in [0, 0.1) is 0 Å². The second-order valence-corrected chi connectivity index (χ2v) is 7.64. The zero-order valence-electron chi connectivity index (χ0n) is 18.6. The molecule has 0 bridgehead atoms. The highest BCUT2D eigenvalue weighted by Gasteiger charge is 2.35. The van der Waals surface area contributed by atoms with Crippen LogP contribution in [0.3, 0.4) is 0 Å². The summed E-state index contributed by atoms with van der Waals surface area (Å²) in [7, 11) is 2.49. The minimum Gasteiger partial charge on any atom is -0.480 e. The van der Waals surface area contributed by atoms with E-state index in [4.69, 9.17) is 10.5 Å². The molecule has 2 atom stereocenters. The van der Waals surface area contributed by atoms with Gasteiger partial charge in [-0.2, -0.15) is 0 Å². The molecular weight excluding hydrogens is 428 g/mol. The van der Waals surface area contributed by atoms with E-state index in [1.54, 1.807) is 48.5 Å². The van der Waals surface area contributed by atoms with Gasteiger partial charge in [-0.3, -0.25) is 14.4 Å². The number of hydrogen-bond acceptors (Lipinski definition) is 7. The highest BCUT2D eigenvalue weighted by atomic mass is 16.5. The molecule has 9 heteroatoms. The molecule has 0 aromatic heterocycles. The first-order valence-electron chi connectivity index (χ1n) is 10.3. The first-order chi connectivity index (χ1) is 15.7.